The molecule has 1 aromatic carbocycles. The van der Waals surface area contributed by atoms with E-state index in [0.717, 1.165) is 0 Å². The molecule has 0 saturated heterocycles. The molecule has 23 heavy (non-hydrogen) atoms. The van der Waals surface area contributed by atoms with Crippen molar-refractivity contribution in [3.05, 3.63) is 34.9 Å². The van der Waals surface area contributed by atoms with Gasteiger partial charge >= 0.3 is 0 Å². The summed E-state index contributed by atoms with van der Waals surface area (Å²) in [5.74, 6) is -1.51. The number of carbonyl (C=O) groups is 2. The van der Waals surface area contributed by atoms with Gasteiger partial charge in [0.1, 0.15) is 5.75 Å². The molecule has 0 heterocycles. The van der Waals surface area contributed by atoms with E-state index in [2.05, 4.69) is 10.6 Å². The van der Waals surface area contributed by atoms with Gasteiger partial charge in [-0.15, -0.1) is 0 Å². The maximum absolute atomic E-state index is 11.9. The molecule has 2 amide bonds. The van der Waals surface area contributed by atoms with Gasteiger partial charge in [0.05, 0.1) is 16.3 Å². The molecule has 0 radical (unpaired) electrons. The van der Waals surface area contributed by atoms with Crippen LogP contribution in [0.2, 0.25) is 5.02 Å². The zero-order valence-electron chi connectivity index (χ0n) is 13.1. The molecule has 0 aliphatic rings. The van der Waals surface area contributed by atoms with Crippen LogP contribution in [0.25, 0.3) is 0 Å². The third-order valence-corrected chi connectivity index (χ3v) is 5.00. The van der Waals surface area contributed by atoms with Crippen LogP contribution in [0.4, 0.5) is 0 Å². The van der Waals surface area contributed by atoms with Crippen LogP contribution in [-0.4, -0.2) is 44.8 Å². The van der Waals surface area contributed by atoms with Crippen molar-refractivity contribution in [3.63, 3.8) is 0 Å². The van der Waals surface area contributed by atoms with Crippen molar-refractivity contribution in [1.29, 1.82) is 0 Å². The monoisotopic (exact) mass is 360 g/mol. The molecule has 0 unspecified atom stereocenters. The summed E-state index contributed by atoms with van der Waals surface area (Å²) in [6, 6.07) is 6.62. The second-order valence-corrected chi connectivity index (χ2v) is 8.05. The molecule has 6 nitrogen and oxygen atoms in total. The number of carbonyl (C=O) groups excluding carboxylic acids is 2. The molecule has 1 rings (SSSR count). The summed E-state index contributed by atoms with van der Waals surface area (Å²) in [5.41, 5.74) is 0.347. The lowest BCUT2D eigenvalue weighted by Crippen LogP contribution is -2.38. The summed E-state index contributed by atoms with van der Waals surface area (Å²) in [6.07, 6.45) is 0. The second kappa shape index (κ2) is 8.88. The maximum Gasteiger partial charge on any atom is 0.252 e. The maximum atomic E-state index is 11.9. The Bertz CT molecular complexity index is 659. The zero-order chi connectivity index (χ0) is 17.5. The molecule has 2 N–H and O–H groups in total. The van der Waals surface area contributed by atoms with E-state index >= 15 is 0 Å². The number of nitrogens with one attached hydrogen (secondary N) is 2. The van der Waals surface area contributed by atoms with Crippen LogP contribution < -0.4 is 10.6 Å². The van der Waals surface area contributed by atoms with Crippen LogP contribution in [-0.2, 0) is 14.6 Å². The van der Waals surface area contributed by atoms with Crippen LogP contribution in [0.5, 0.6) is 0 Å². The fourth-order valence-electron chi connectivity index (χ4n) is 1.94. The zero-order valence-corrected chi connectivity index (χ0v) is 14.7. The third kappa shape index (κ3) is 7.47. The summed E-state index contributed by atoms with van der Waals surface area (Å²) >= 11 is 5.90. The second-order valence-electron chi connectivity index (χ2n) is 5.53. The number of hydrogen-bond donors (Lipinski definition) is 2. The molecule has 128 valence electrons. The minimum absolute atomic E-state index is 0.0241. The molecule has 0 aliphatic heterocycles. The Morgan fingerprint density at radius 2 is 1.74 bits per heavy atom. The number of rotatable bonds is 8. The van der Waals surface area contributed by atoms with Crippen molar-refractivity contribution < 1.29 is 18.0 Å². The standard InChI is InChI=1S/C15H21ClN2O4S/c1-11(2)9-23(21,22)10-14(19)17-7-8-18-15(20)12-5-3-4-6-13(12)16/h3-6,11H,7-10H2,1-2H3,(H,17,19)(H,18,20). The van der Waals surface area contributed by atoms with Crippen LogP contribution in [0.3, 0.4) is 0 Å². The van der Waals surface area contributed by atoms with E-state index in [1.54, 1.807) is 38.1 Å². The molecule has 0 atom stereocenters. The van der Waals surface area contributed by atoms with Gasteiger partial charge in [0.2, 0.25) is 5.91 Å². The summed E-state index contributed by atoms with van der Waals surface area (Å²) < 4.78 is 23.3. The molecule has 0 fully saturated rings. The Balaban J connectivity index is 2.33. The van der Waals surface area contributed by atoms with Crippen molar-refractivity contribution >= 4 is 33.3 Å². The largest absolute Gasteiger partial charge is 0.353 e. The van der Waals surface area contributed by atoms with Crippen molar-refractivity contribution in [1.82, 2.24) is 10.6 Å². The lowest BCUT2D eigenvalue weighted by Gasteiger charge is -2.09. The van der Waals surface area contributed by atoms with E-state index in [-0.39, 0.29) is 30.7 Å². The summed E-state index contributed by atoms with van der Waals surface area (Å²) in [4.78, 5) is 23.4. The van der Waals surface area contributed by atoms with Crippen LogP contribution in [0.1, 0.15) is 24.2 Å². The van der Waals surface area contributed by atoms with Gasteiger partial charge in [0, 0.05) is 13.1 Å². The highest BCUT2D eigenvalue weighted by atomic mass is 35.5. The first kappa shape index (κ1) is 19.4. The topological polar surface area (TPSA) is 92.3 Å². The molecule has 1 aromatic rings. The van der Waals surface area contributed by atoms with E-state index in [9.17, 15) is 18.0 Å². The minimum Gasteiger partial charge on any atom is -0.353 e. The van der Waals surface area contributed by atoms with E-state index in [4.69, 9.17) is 11.6 Å². The Morgan fingerprint density at radius 1 is 1.13 bits per heavy atom. The highest BCUT2D eigenvalue weighted by Crippen LogP contribution is 2.14. The minimum atomic E-state index is -3.40. The summed E-state index contributed by atoms with van der Waals surface area (Å²) in [6.45, 7) is 3.88. The van der Waals surface area contributed by atoms with E-state index in [1.165, 1.54) is 0 Å². The third-order valence-electron chi connectivity index (χ3n) is 2.79. The molecular weight excluding hydrogens is 340 g/mol. The van der Waals surface area contributed by atoms with Crippen molar-refractivity contribution in [3.8, 4) is 0 Å². The van der Waals surface area contributed by atoms with Gasteiger partial charge < -0.3 is 10.6 Å². The first-order valence-electron chi connectivity index (χ1n) is 7.21. The fraction of sp³-hybridized carbons (Fsp3) is 0.467. The molecule has 0 saturated carbocycles. The van der Waals surface area contributed by atoms with Gasteiger partial charge in [0.15, 0.2) is 9.84 Å². The Hall–Kier alpha value is -1.60. The average molecular weight is 361 g/mol. The van der Waals surface area contributed by atoms with Gasteiger partial charge in [-0.3, -0.25) is 9.59 Å². The van der Waals surface area contributed by atoms with Crippen LogP contribution in [0, 0.1) is 5.92 Å². The van der Waals surface area contributed by atoms with Crippen molar-refractivity contribution in [2.75, 3.05) is 24.6 Å². The van der Waals surface area contributed by atoms with E-state index in [0.29, 0.717) is 10.6 Å². The van der Waals surface area contributed by atoms with Gasteiger partial charge in [-0.1, -0.05) is 37.6 Å². The Labute approximate surface area is 141 Å². The van der Waals surface area contributed by atoms with Gasteiger partial charge in [0.25, 0.3) is 5.91 Å². The smallest absolute Gasteiger partial charge is 0.252 e. The number of halogens is 1. The quantitative estimate of drug-likeness (QED) is 0.682. The Kier molecular flexibility index (Phi) is 7.51. The SMILES string of the molecule is CC(C)CS(=O)(=O)CC(=O)NCCNC(=O)c1ccccc1Cl. The number of amides is 2. The number of benzene rings is 1. The van der Waals surface area contributed by atoms with Crippen LogP contribution in [0.15, 0.2) is 24.3 Å². The van der Waals surface area contributed by atoms with Gasteiger partial charge in [-0.2, -0.15) is 0 Å². The molecule has 0 aliphatic carbocycles. The predicted octanol–water partition coefficient (Wildman–Crippen LogP) is 1.26. The first-order valence-corrected chi connectivity index (χ1v) is 9.41. The first-order chi connectivity index (χ1) is 10.7. The van der Waals surface area contributed by atoms with Crippen molar-refractivity contribution in [2.45, 2.75) is 13.8 Å². The normalized spacial score (nSPS) is 11.3. The Morgan fingerprint density at radius 3 is 2.35 bits per heavy atom. The lowest BCUT2D eigenvalue weighted by atomic mass is 10.2. The van der Waals surface area contributed by atoms with Gasteiger partial charge in [-0.25, -0.2) is 8.42 Å². The summed E-state index contributed by atoms with van der Waals surface area (Å²) in [7, 11) is -3.40. The molecule has 8 heteroatoms. The van der Waals surface area contributed by atoms with Crippen molar-refractivity contribution in [2.24, 2.45) is 5.92 Å². The molecule has 0 bridgehead atoms. The summed E-state index contributed by atoms with van der Waals surface area (Å²) in [5, 5.41) is 5.41. The lowest BCUT2D eigenvalue weighted by molar-refractivity contribution is -0.118. The van der Waals surface area contributed by atoms with Gasteiger partial charge in [-0.05, 0) is 18.1 Å². The average Bonchev–Trinajstić information content (AvgIpc) is 2.41. The van der Waals surface area contributed by atoms with E-state index in [1.807, 2.05) is 0 Å². The fourth-order valence-corrected chi connectivity index (χ4v) is 3.79. The van der Waals surface area contributed by atoms with Crippen LogP contribution >= 0.6 is 11.6 Å². The predicted molar refractivity (Wildman–Crippen MR) is 90.3 cm³/mol. The highest BCUT2D eigenvalue weighted by Gasteiger charge is 2.18. The highest BCUT2D eigenvalue weighted by molar-refractivity contribution is 7.92. The molecular formula is C15H21ClN2O4S. The number of hydrogen-bond acceptors (Lipinski definition) is 4. The molecule has 0 aromatic heterocycles. The molecule has 0 spiro atoms. The number of sulfone groups is 1. The van der Waals surface area contributed by atoms with E-state index < -0.39 is 21.5 Å².